The maximum absolute atomic E-state index is 12.2. The van der Waals surface area contributed by atoms with Crippen molar-refractivity contribution in [3.63, 3.8) is 0 Å². The average Bonchev–Trinajstić information content (AvgIpc) is 3.63. The van der Waals surface area contributed by atoms with E-state index in [1.54, 1.807) is 0 Å². The van der Waals surface area contributed by atoms with Gasteiger partial charge in [0.05, 0.1) is 5.69 Å². The maximum Gasteiger partial charge on any atom is 0.407 e. The molecule has 7 nitrogen and oxygen atoms in total. The minimum absolute atomic E-state index is 0.205. The molecule has 1 amide bonds. The Labute approximate surface area is 275 Å². The summed E-state index contributed by atoms with van der Waals surface area (Å²) in [5.74, 6) is 0. The summed E-state index contributed by atoms with van der Waals surface area (Å²) in [6.45, 7) is 8.99. The molecule has 0 bridgehead atoms. The lowest BCUT2D eigenvalue weighted by Gasteiger charge is -2.30. The molecule has 7 heteroatoms. The summed E-state index contributed by atoms with van der Waals surface area (Å²) in [7, 11) is 2.02. The third-order valence-corrected chi connectivity index (χ3v) is 10.1. The standard InChI is InChI=1S/C39H53N5O2/c1-27-11-9-12-28(13-10-23-40-30-17-19-31(20-18-30)42-38(45)46-39(2,3)4)37(27)34-26-44(32-14-7-6-8-15-32)36-21-16-29(25-33(34)36)35-22-24-41-43(35)5/h9,11-12,16,21-22,24-26,30-32,40H,6-8,10,13-15,17-20,23H2,1-5H3,(H,42,45). The number of nitrogens with one attached hydrogen (secondary N) is 2. The third-order valence-electron chi connectivity index (χ3n) is 10.1. The second-order valence-corrected chi connectivity index (χ2v) is 14.7. The molecule has 2 saturated carbocycles. The molecule has 2 aliphatic carbocycles. The number of carbonyl (C=O) groups is 1. The fourth-order valence-electron chi connectivity index (χ4n) is 7.76. The van der Waals surface area contributed by atoms with Gasteiger partial charge in [-0.05, 0) is 120 Å². The van der Waals surface area contributed by atoms with Gasteiger partial charge < -0.3 is 19.9 Å². The number of hydrogen-bond acceptors (Lipinski definition) is 4. The van der Waals surface area contributed by atoms with Gasteiger partial charge in [0.1, 0.15) is 5.60 Å². The van der Waals surface area contributed by atoms with Crippen LogP contribution in [0.25, 0.3) is 33.3 Å². The van der Waals surface area contributed by atoms with E-state index in [2.05, 4.69) is 75.9 Å². The molecule has 0 radical (unpaired) electrons. The van der Waals surface area contributed by atoms with E-state index >= 15 is 0 Å². The number of benzene rings is 2. The molecule has 2 aromatic carbocycles. The lowest BCUT2D eigenvalue weighted by atomic mass is 9.90. The summed E-state index contributed by atoms with van der Waals surface area (Å²) in [6.07, 6.45) is 16.8. The fraction of sp³-hybridized carbons (Fsp3) is 0.538. The Morgan fingerprint density at radius 3 is 2.46 bits per heavy atom. The van der Waals surface area contributed by atoms with Gasteiger partial charge in [0, 0.05) is 59.6 Å². The van der Waals surface area contributed by atoms with E-state index in [0.717, 1.165) is 50.8 Å². The molecule has 0 saturated heterocycles. The van der Waals surface area contributed by atoms with Crippen LogP contribution in [0.1, 0.15) is 102 Å². The second-order valence-electron chi connectivity index (χ2n) is 14.7. The Morgan fingerprint density at radius 1 is 0.978 bits per heavy atom. The van der Waals surface area contributed by atoms with Gasteiger partial charge in [0.25, 0.3) is 0 Å². The number of hydrogen-bond donors (Lipinski definition) is 2. The van der Waals surface area contributed by atoms with Crippen molar-refractivity contribution in [3.05, 3.63) is 66.0 Å². The van der Waals surface area contributed by atoms with Crippen LogP contribution in [0.4, 0.5) is 4.79 Å². The van der Waals surface area contributed by atoms with Crippen LogP contribution < -0.4 is 10.6 Å². The van der Waals surface area contributed by atoms with Crippen LogP contribution in [0.15, 0.2) is 54.9 Å². The highest BCUT2D eigenvalue weighted by molar-refractivity contribution is 5.99. The van der Waals surface area contributed by atoms with E-state index in [9.17, 15) is 4.79 Å². The summed E-state index contributed by atoms with van der Waals surface area (Å²) >= 11 is 0. The van der Waals surface area contributed by atoms with Crippen molar-refractivity contribution in [3.8, 4) is 22.4 Å². The van der Waals surface area contributed by atoms with Gasteiger partial charge in [-0.3, -0.25) is 4.68 Å². The Morgan fingerprint density at radius 2 is 1.74 bits per heavy atom. The van der Waals surface area contributed by atoms with Gasteiger partial charge in [0.2, 0.25) is 0 Å². The molecule has 0 spiro atoms. The van der Waals surface area contributed by atoms with Crippen LogP contribution >= 0.6 is 0 Å². The van der Waals surface area contributed by atoms with Gasteiger partial charge in [-0.1, -0.05) is 43.5 Å². The largest absolute Gasteiger partial charge is 0.444 e. The highest BCUT2D eigenvalue weighted by Gasteiger charge is 2.25. The molecule has 46 heavy (non-hydrogen) atoms. The molecular weight excluding hydrogens is 570 g/mol. The molecule has 246 valence electrons. The molecule has 2 aliphatic rings. The first-order chi connectivity index (χ1) is 22.2. The summed E-state index contributed by atoms with van der Waals surface area (Å²) < 4.78 is 10.0. The Hall–Kier alpha value is -3.58. The quantitative estimate of drug-likeness (QED) is 0.183. The van der Waals surface area contributed by atoms with Crippen molar-refractivity contribution in [2.75, 3.05) is 6.54 Å². The van der Waals surface area contributed by atoms with Crippen LogP contribution in [0.3, 0.4) is 0 Å². The van der Waals surface area contributed by atoms with Crippen molar-refractivity contribution in [2.24, 2.45) is 7.05 Å². The zero-order chi connectivity index (χ0) is 32.3. The molecule has 2 fully saturated rings. The molecule has 2 heterocycles. The predicted octanol–water partition coefficient (Wildman–Crippen LogP) is 8.88. The zero-order valence-corrected chi connectivity index (χ0v) is 28.6. The van der Waals surface area contributed by atoms with Gasteiger partial charge >= 0.3 is 6.09 Å². The van der Waals surface area contributed by atoms with Crippen LogP contribution in [0.5, 0.6) is 0 Å². The highest BCUT2D eigenvalue weighted by atomic mass is 16.6. The maximum atomic E-state index is 12.2. The fourth-order valence-corrected chi connectivity index (χ4v) is 7.76. The molecular formula is C39H53N5O2. The molecule has 4 aromatic rings. The van der Waals surface area contributed by atoms with E-state index in [4.69, 9.17) is 4.74 Å². The van der Waals surface area contributed by atoms with E-state index in [1.165, 1.54) is 70.8 Å². The van der Waals surface area contributed by atoms with Crippen molar-refractivity contribution >= 4 is 17.0 Å². The SMILES string of the molecule is Cc1cccc(CCCNC2CCC(NC(=O)OC(C)(C)C)CC2)c1-c1cn(C2CCCCC2)c2ccc(-c3ccnn3C)cc12. The first-order valence-electron chi connectivity index (χ1n) is 17.6. The first-order valence-corrected chi connectivity index (χ1v) is 17.6. The Kier molecular flexibility index (Phi) is 9.88. The summed E-state index contributed by atoms with van der Waals surface area (Å²) in [5.41, 5.74) is 8.78. The van der Waals surface area contributed by atoms with Gasteiger partial charge in [-0.25, -0.2) is 4.79 Å². The monoisotopic (exact) mass is 623 g/mol. The number of rotatable bonds is 9. The number of carbonyl (C=O) groups excluding carboxylic acids is 1. The number of amides is 1. The van der Waals surface area contributed by atoms with E-state index in [0.29, 0.717) is 12.1 Å². The number of nitrogens with zero attached hydrogens (tertiary/aromatic N) is 3. The second kappa shape index (κ2) is 14.0. The van der Waals surface area contributed by atoms with Crippen molar-refractivity contribution in [1.29, 1.82) is 0 Å². The van der Waals surface area contributed by atoms with E-state index in [-0.39, 0.29) is 12.1 Å². The van der Waals surface area contributed by atoms with Gasteiger partial charge in [-0.15, -0.1) is 0 Å². The van der Waals surface area contributed by atoms with Crippen molar-refractivity contribution in [2.45, 2.75) is 122 Å². The molecule has 0 aliphatic heterocycles. The van der Waals surface area contributed by atoms with Crippen LogP contribution in [-0.4, -0.2) is 44.7 Å². The lowest BCUT2D eigenvalue weighted by molar-refractivity contribution is 0.0490. The normalized spacial score (nSPS) is 19.4. The highest BCUT2D eigenvalue weighted by Crippen LogP contribution is 2.41. The Balaban J connectivity index is 1.16. The minimum Gasteiger partial charge on any atom is -0.444 e. The molecule has 2 N–H and O–H groups in total. The van der Waals surface area contributed by atoms with E-state index in [1.807, 2.05) is 38.7 Å². The van der Waals surface area contributed by atoms with Gasteiger partial charge in [-0.2, -0.15) is 5.10 Å². The summed E-state index contributed by atoms with van der Waals surface area (Å²) in [5, 5.41) is 12.7. The van der Waals surface area contributed by atoms with Crippen molar-refractivity contribution < 1.29 is 9.53 Å². The number of fused-ring (bicyclic) bond motifs is 1. The predicted molar refractivity (Wildman–Crippen MR) is 188 cm³/mol. The van der Waals surface area contributed by atoms with Crippen LogP contribution in [0.2, 0.25) is 0 Å². The number of alkyl carbamates (subject to hydrolysis) is 1. The van der Waals surface area contributed by atoms with Gasteiger partial charge in [0.15, 0.2) is 0 Å². The summed E-state index contributed by atoms with van der Waals surface area (Å²) in [6, 6.07) is 17.2. The summed E-state index contributed by atoms with van der Waals surface area (Å²) in [4.78, 5) is 12.2. The first kappa shape index (κ1) is 32.4. The lowest BCUT2D eigenvalue weighted by Crippen LogP contribution is -2.44. The van der Waals surface area contributed by atoms with Crippen molar-refractivity contribution in [1.82, 2.24) is 25.0 Å². The number of ether oxygens (including phenoxy) is 1. The van der Waals surface area contributed by atoms with Crippen LogP contribution in [0, 0.1) is 6.92 Å². The molecule has 0 atom stereocenters. The van der Waals surface area contributed by atoms with Crippen LogP contribution in [-0.2, 0) is 18.2 Å². The van der Waals surface area contributed by atoms with E-state index < -0.39 is 5.60 Å². The number of aromatic nitrogens is 3. The Bertz CT molecular complexity index is 1630. The molecule has 2 aromatic heterocycles. The smallest absolute Gasteiger partial charge is 0.407 e. The number of aryl methyl sites for hydroxylation is 3. The minimum atomic E-state index is -0.463. The average molecular weight is 624 g/mol. The molecule has 6 rings (SSSR count). The third kappa shape index (κ3) is 7.52. The molecule has 0 unspecified atom stereocenters. The zero-order valence-electron chi connectivity index (χ0n) is 28.6. The topological polar surface area (TPSA) is 73.1 Å².